The van der Waals surface area contributed by atoms with Crippen LogP contribution in [-0.2, 0) is 16.0 Å². The smallest absolute Gasteiger partial charge is 0.306 e. The third-order valence-corrected chi connectivity index (χ3v) is 4.61. The van der Waals surface area contributed by atoms with Gasteiger partial charge in [0.25, 0.3) is 11.8 Å². The Hall–Kier alpha value is -2.95. The number of hydrogen-bond acceptors (Lipinski definition) is 4. The molecule has 0 radical (unpaired) electrons. The fraction of sp³-hybridized carbons (Fsp3) is 0.348. The summed E-state index contributed by atoms with van der Waals surface area (Å²) in [5.74, 6) is -0.932. The number of benzene rings is 2. The number of esters is 1. The maximum absolute atomic E-state index is 12.9. The first-order valence-electron chi connectivity index (χ1n) is 9.49. The van der Waals surface area contributed by atoms with Gasteiger partial charge in [-0.2, -0.15) is 0 Å². The van der Waals surface area contributed by atoms with Gasteiger partial charge in [0.2, 0.25) is 0 Å². The summed E-state index contributed by atoms with van der Waals surface area (Å²) in [6.45, 7) is 5.45. The summed E-state index contributed by atoms with van der Waals surface area (Å²) < 4.78 is 5.39. The molecule has 1 unspecified atom stereocenters. The van der Waals surface area contributed by atoms with Crippen molar-refractivity contribution < 1.29 is 19.1 Å². The number of ether oxygens (including phenoxy) is 1. The molecule has 28 heavy (non-hydrogen) atoms. The van der Waals surface area contributed by atoms with E-state index in [4.69, 9.17) is 4.74 Å². The summed E-state index contributed by atoms with van der Waals surface area (Å²) in [6.07, 6.45) is 0.993. The van der Waals surface area contributed by atoms with E-state index in [1.807, 2.05) is 51.1 Å². The van der Waals surface area contributed by atoms with Crippen LogP contribution in [0.1, 0.15) is 59.9 Å². The first-order chi connectivity index (χ1) is 13.3. The van der Waals surface area contributed by atoms with Crippen molar-refractivity contribution in [2.75, 3.05) is 0 Å². The molecule has 5 heteroatoms. The molecule has 5 nitrogen and oxygen atoms in total. The second-order valence-corrected chi connectivity index (χ2v) is 7.99. The first kappa shape index (κ1) is 19.8. The molecule has 0 fully saturated rings. The molecule has 1 heterocycles. The van der Waals surface area contributed by atoms with Crippen LogP contribution in [0, 0.1) is 0 Å². The molecule has 1 aliphatic heterocycles. The van der Waals surface area contributed by atoms with Gasteiger partial charge in [-0.25, -0.2) is 0 Å². The SMILES string of the molecule is CC(C)(C)OC(=O)CCC(Cc1ccccc1)N1C(=O)c2ccccc2C1=O. The summed E-state index contributed by atoms with van der Waals surface area (Å²) >= 11 is 0. The van der Waals surface area contributed by atoms with E-state index >= 15 is 0 Å². The first-order valence-corrected chi connectivity index (χ1v) is 9.49. The molecule has 1 atom stereocenters. The van der Waals surface area contributed by atoms with E-state index in [2.05, 4.69) is 0 Å². The number of hydrogen-bond donors (Lipinski definition) is 0. The highest BCUT2D eigenvalue weighted by Crippen LogP contribution is 2.28. The predicted octanol–water partition coefficient (Wildman–Crippen LogP) is 4.02. The van der Waals surface area contributed by atoms with E-state index in [-0.39, 0.29) is 24.2 Å². The summed E-state index contributed by atoms with van der Waals surface area (Å²) in [5, 5.41) is 0. The molecule has 2 amide bonds. The number of nitrogens with zero attached hydrogens (tertiary/aromatic N) is 1. The largest absolute Gasteiger partial charge is 0.460 e. The number of carbonyl (C=O) groups is 3. The molecular weight excluding hydrogens is 354 g/mol. The number of carbonyl (C=O) groups excluding carboxylic acids is 3. The Bertz CT molecular complexity index is 848. The Balaban J connectivity index is 1.82. The van der Waals surface area contributed by atoms with Crippen LogP contribution in [0.2, 0.25) is 0 Å². The minimum atomic E-state index is -0.568. The lowest BCUT2D eigenvalue weighted by Crippen LogP contribution is -2.41. The van der Waals surface area contributed by atoms with Gasteiger partial charge in [0.15, 0.2) is 0 Å². The zero-order chi connectivity index (χ0) is 20.3. The Morgan fingerprint density at radius 2 is 1.46 bits per heavy atom. The highest BCUT2D eigenvalue weighted by atomic mass is 16.6. The van der Waals surface area contributed by atoms with Crippen molar-refractivity contribution in [2.45, 2.75) is 51.7 Å². The van der Waals surface area contributed by atoms with Crippen molar-refractivity contribution in [2.24, 2.45) is 0 Å². The molecule has 0 N–H and O–H groups in total. The molecule has 0 aliphatic carbocycles. The van der Waals surface area contributed by atoms with Crippen molar-refractivity contribution in [3.05, 3.63) is 71.3 Å². The van der Waals surface area contributed by atoms with Crippen molar-refractivity contribution in [3.8, 4) is 0 Å². The van der Waals surface area contributed by atoms with Gasteiger partial charge in [0.1, 0.15) is 5.60 Å². The van der Waals surface area contributed by atoms with Crippen LogP contribution < -0.4 is 0 Å². The molecule has 2 aromatic carbocycles. The maximum Gasteiger partial charge on any atom is 0.306 e. The third-order valence-electron chi connectivity index (χ3n) is 4.61. The van der Waals surface area contributed by atoms with Gasteiger partial charge in [-0.15, -0.1) is 0 Å². The van der Waals surface area contributed by atoms with E-state index in [0.29, 0.717) is 24.0 Å². The lowest BCUT2D eigenvalue weighted by Gasteiger charge is -2.27. The Kier molecular flexibility index (Phi) is 5.63. The monoisotopic (exact) mass is 379 g/mol. The molecule has 2 aromatic rings. The van der Waals surface area contributed by atoms with Gasteiger partial charge in [-0.05, 0) is 51.3 Å². The van der Waals surface area contributed by atoms with Crippen LogP contribution >= 0.6 is 0 Å². The zero-order valence-corrected chi connectivity index (χ0v) is 16.5. The average Bonchev–Trinajstić information content (AvgIpc) is 2.89. The Labute approximate surface area is 165 Å². The lowest BCUT2D eigenvalue weighted by atomic mass is 10.00. The number of amides is 2. The van der Waals surface area contributed by atoms with Crippen LogP contribution in [0.25, 0.3) is 0 Å². The fourth-order valence-corrected chi connectivity index (χ4v) is 3.43. The van der Waals surface area contributed by atoms with E-state index in [1.165, 1.54) is 4.90 Å². The van der Waals surface area contributed by atoms with E-state index in [1.54, 1.807) is 24.3 Å². The normalized spacial score (nSPS) is 14.8. The van der Waals surface area contributed by atoms with Gasteiger partial charge < -0.3 is 4.74 Å². The van der Waals surface area contributed by atoms with E-state index in [9.17, 15) is 14.4 Å². The van der Waals surface area contributed by atoms with E-state index < -0.39 is 11.6 Å². The van der Waals surface area contributed by atoms with Crippen molar-refractivity contribution in [3.63, 3.8) is 0 Å². The Morgan fingerprint density at radius 1 is 0.929 bits per heavy atom. The van der Waals surface area contributed by atoms with Crippen LogP contribution in [0.4, 0.5) is 0 Å². The topological polar surface area (TPSA) is 63.7 Å². The minimum absolute atomic E-state index is 0.141. The highest BCUT2D eigenvalue weighted by Gasteiger charge is 2.39. The van der Waals surface area contributed by atoms with Crippen LogP contribution in [0.5, 0.6) is 0 Å². The lowest BCUT2D eigenvalue weighted by molar-refractivity contribution is -0.155. The number of rotatable bonds is 6. The number of fused-ring (bicyclic) bond motifs is 1. The molecule has 0 bridgehead atoms. The summed E-state index contributed by atoms with van der Waals surface area (Å²) in [5.41, 5.74) is 1.28. The van der Waals surface area contributed by atoms with Crippen molar-refractivity contribution in [1.82, 2.24) is 4.90 Å². The zero-order valence-electron chi connectivity index (χ0n) is 16.5. The van der Waals surface area contributed by atoms with Crippen LogP contribution in [-0.4, -0.2) is 34.3 Å². The minimum Gasteiger partial charge on any atom is -0.460 e. The molecule has 0 aromatic heterocycles. The molecule has 0 saturated carbocycles. The van der Waals surface area contributed by atoms with Gasteiger partial charge in [0.05, 0.1) is 11.1 Å². The molecule has 0 saturated heterocycles. The van der Waals surface area contributed by atoms with Gasteiger partial charge in [-0.3, -0.25) is 19.3 Å². The van der Waals surface area contributed by atoms with E-state index in [0.717, 1.165) is 5.56 Å². The quantitative estimate of drug-likeness (QED) is 0.562. The van der Waals surface area contributed by atoms with Gasteiger partial charge >= 0.3 is 5.97 Å². The molecule has 1 aliphatic rings. The second-order valence-electron chi connectivity index (χ2n) is 7.99. The Morgan fingerprint density at radius 3 is 2.00 bits per heavy atom. The fourth-order valence-electron chi connectivity index (χ4n) is 3.43. The van der Waals surface area contributed by atoms with Gasteiger partial charge in [0, 0.05) is 12.5 Å². The maximum atomic E-state index is 12.9. The molecule has 3 rings (SSSR count). The highest BCUT2D eigenvalue weighted by molar-refractivity contribution is 6.21. The summed E-state index contributed by atoms with van der Waals surface area (Å²) in [6, 6.07) is 16.1. The summed E-state index contributed by atoms with van der Waals surface area (Å²) in [7, 11) is 0. The molecule has 0 spiro atoms. The van der Waals surface area contributed by atoms with Crippen LogP contribution in [0.3, 0.4) is 0 Å². The number of imide groups is 1. The van der Waals surface area contributed by atoms with Gasteiger partial charge in [-0.1, -0.05) is 42.5 Å². The van der Waals surface area contributed by atoms with Crippen molar-refractivity contribution >= 4 is 17.8 Å². The molecule has 146 valence electrons. The summed E-state index contributed by atoms with van der Waals surface area (Å²) in [4.78, 5) is 39.3. The standard InChI is InChI=1S/C23H25NO4/c1-23(2,3)28-20(25)14-13-17(15-16-9-5-4-6-10-16)24-21(26)18-11-7-8-12-19(18)22(24)27/h4-12,17H,13-15H2,1-3H3. The van der Waals surface area contributed by atoms with Crippen molar-refractivity contribution in [1.29, 1.82) is 0 Å². The average molecular weight is 379 g/mol. The predicted molar refractivity (Wildman–Crippen MR) is 106 cm³/mol. The second kappa shape index (κ2) is 7.97. The third kappa shape index (κ3) is 4.47. The van der Waals surface area contributed by atoms with Crippen LogP contribution in [0.15, 0.2) is 54.6 Å². The molecular formula is C23H25NO4.